The highest BCUT2D eigenvalue weighted by atomic mass is 35.5. The Hall–Kier alpha value is -1.59. The van der Waals surface area contributed by atoms with Crippen molar-refractivity contribution >= 4 is 23.4 Å². The molecule has 0 aliphatic rings. The monoisotopic (exact) mass is 255 g/mol. The van der Waals surface area contributed by atoms with E-state index in [1.54, 1.807) is 38.4 Å². The molecule has 1 aromatic rings. The van der Waals surface area contributed by atoms with E-state index in [9.17, 15) is 9.59 Å². The smallest absolute Gasteiger partial charge is 0.253 e. The molecule has 0 unspecified atom stereocenters. The van der Waals surface area contributed by atoms with Crippen LogP contribution in [0.25, 0.3) is 0 Å². The van der Waals surface area contributed by atoms with Crippen molar-refractivity contribution in [3.8, 4) is 0 Å². The standard InChI is InChI=1S/C11H14ClN3O2/c1-15(2)14-10(16)7-13-11(17)8-4-3-5-9(12)6-8/h3-6H,7H2,1-2H3,(H,13,17)(H,14,16). The normalized spacial score (nSPS) is 10.1. The molecule has 2 amide bonds. The number of hydrazine groups is 1. The lowest BCUT2D eigenvalue weighted by Crippen LogP contribution is -2.43. The molecule has 0 radical (unpaired) electrons. The first-order valence-electron chi connectivity index (χ1n) is 4.99. The van der Waals surface area contributed by atoms with Crippen LogP contribution in [0.2, 0.25) is 5.02 Å². The van der Waals surface area contributed by atoms with Gasteiger partial charge in [0, 0.05) is 24.7 Å². The molecule has 0 fully saturated rings. The van der Waals surface area contributed by atoms with Crippen LogP contribution in [0, 0.1) is 0 Å². The van der Waals surface area contributed by atoms with E-state index in [0.717, 1.165) is 0 Å². The van der Waals surface area contributed by atoms with Gasteiger partial charge in [-0.25, -0.2) is 5.01 Å². The Kier molecular flexibility index (Phi) is 4.93. The molecule has 0 saturated heterocycles. The number of halogens is 1. The third kappa shape index (κ3) is 4.84. The zero-order valence-electron chi connectivity index (χ0n) is 9.66. The molecule has 0 heterocycles. The molecule has 0 spiro atoms. The number of hydrogen-bond acceptors (Lipinski definition) is 3. The third-order valence-corrected chi connectivity index (χ3v) is 2.08. The van der Waals surface area contributed by atoms with E-state index in [1.165, 1.54) is 5.01 Å². The molecule has 0 atom stereocenters. The summed E-state index contributed by atoms with van der Waals surface area (Å²) in [6.07, 6.45) is 0. The summed E-state index contributed by atoms with van der Waals surface area (Å²) in [6.45, 7) is -0.0798. The largest absolute Gasteiger partial charge is 0.343 e. The third-order valence-electron chi connectivity index (χ3n) is 1.84. The first-order valence-corrected chi connectivity index (χ1v) is 5.37. The second-order valence-electron chi connectivity index (χ2n) is 3.62. The summed E-state index contributed by atoms with van der Waals surface area (Å²) in [4.78, 5) is 22.9. The maximum Gasteiger partial charge on any atom is 0.253 e. The summed E-state index contributed by atoms with van der Waals surface area (Å²) in [5, 5.41) is 4.48. The van der Waals surface area contributed by atoms with Crippen molar-refractivity contribution in [2.75, 3.05) is 20.6 Å². The van der Waals surface area contributed by atoms with Crippen LogP contribution in [0.15, 0.2) is 24.3 Å². The average Bonchev–Trinajstić information content (AvgIpc) is 2.25. The van der Waals surface area contributed by atoms with Gasteiger partial charge in [0.05, 0.1) is 6.54 Å². The molecule has 0 aliphatic heterocycles. The summed E-state index contributed by atoms with van der Waals surface area (Å²) in [7, 11) is 3.38. The Labute approximate surface area is 105 Å². The van der Waals surface area contributed by atoms with Gasteiger partial charge in [-0.1, -0.05) is 17.7 Å². The lowest BCUT2D eigenvalue weighted by atomic mass is 10.2. The van der Waals surface area contributed by atoms with E-state index < -0.39 is 0 Å². The fourth-order valence-electron chi connectivity index (χ4n) is 1.18. The van der Waals surface area contributed by atoms with Gasteiger partial charge in [-0.2, -0.15) is 0 Å². The van der Waals surface area contributed by atoms with Gasteiger partial charge in [-0.3, -0.25) is 15.0 Å². The van der Waals surface area contributed by atoms with Crippen molar-refractivity contribution in [2.45, 2.75) is 0 Å². The first-order chi connectivity index (χ1) is 7.99. The quantitative estimate of drug-likeness (QED) is 0.777. The van der Waals surface area contributed by atoms with Crippen LogP contribution in [-0.4, -0.2) is 37.5 Å². The Bertz CT molecular complexity index is 421. The van der Waals surface area contributed by atoms with Crippen molar-refractivity contribution in [3.63, 3.8) is 0 Å². The van der Waals surface area contributed by atoms with Crippen LogP contribution in [0.3, 0.4) is 0 Å². The minimum Gasteiger partial charge on any atom is -0.343 e. The highest BCUT2D eigenvalue weighted by Gasteiger charge is 2.08. The molecular weight excluding hydrogens is 242 g/mol. The molecular formula is C11H14ClN3O2. The molecule has 6 heteroatoms. The Morgan fingerprint density at radius 2 is 2.06 bits per heavy atom. The van der Waals surface area contributed by atoms with E-state index in [-0.39, 0.29) is 18.4 Å². The molecule has 5 nitrogen and oxygen atoms in total. The predicted molar refractivity (Wildman–Crippen MR) is 65.6 cm³/mol. The summed E-state index contributed by atoms with van der Waals surface area (Å²) in [6, 6.07) is 6.53. The lowest BCUT2D eigenvalue weighted by Gasteiger charge is -2.12. The number of carbonyl (C=O) groups is 2. The maximum atomic E-state index is 11.6. The average molecular weight is 256 g/mol. The number of benzene rings is 1. The van der Waals surface area contributed by atoms with Crippen LogP contribution >= 0.6 is 11.6 Å². The highest BCUT2D eigenvalue weighted by Crippen LogP contribution is 2.10. The zero-order valence-corrected chi connectivity index (χ0v) is 10.4. The van der Waals surface area contributed by atoms with Crippen LogP contribution < -0.4 is 10.7 Å². The second kappa shape index (κ2) is 6.22. The van der Waals surface area contributed by atoms with Crippen LogP contribution in [0.1, 0.15) is 10.4 Å². The van der Waals surface area contributed by atoms with Crippen molar-refractivity contribution in [2.24, 2.45) is 0 Å². The molecule has 1 rings (SSSR count). The molecule has 0 aliphatic carbocycles. The van der Waals surface area contributed by atoms with Crippen LogP contribution in [0.4, 0.5) is 0 Å². The van der Waals surface area contributed by atoms with Crippen LogP contribution in [0.5, 0.6) is 0 Å². The minimum atomic E-state index is -0.332. The van der Waals surface area contributed by atoms with Gasteiger partial charge in [0.25, 0.3) is 11.8 Å². The van der Waals surface area contributed by atoms with Crippen molar-refractivity contribution in [3.05, 3.63) is 34.9 Å². The Morgan fingerprint density at radius 1 is 1.35 bits per heavy atom. The number of amides is 2. The van der Waals surface area contributed by atoms with Crippen molar-refractivity contribution in [1.29, 1.82) is 0 Å². The molecule has 0 saturated carbocycles. The zero-order chi connectivity index (χ0) is 12.8. The number of rotatable bonds is 4. The molecule has 0 aromatic heterocycles. The predicted octanol–water partition coefficient (Wildman–Crippen LogP) is 0.663. The number of nitrogens with zero attached hydrogens (tertiary/aromatic N) is 1. The topological polar surface area (TPSA) is 61.4 Å². The second-order valence-corrected chi connectivity index (χ2v) is 4.06. The SMILES string of the molecule is CN(C)NC(=O)CNC(=O)c1cccc(Cl)c1. The minimum absolute atomic E-state index is 0.0798. The van der Waals surface area contributed by atoms with E-state index in [0.29, 0.717) is 10.6 Å². The summed E-state index contributed by atoms with van der Waals surface area (Å²) < 4.78 is 0. The van der Waals surface area contributed by atoms with E-state index >= 15 is 0 Å². The number of hydrogen-bond donors (Lipinski definition) is 2. The van der Waals surface area contributed by atoms with Gasteiger partial charge in [-0.15, -0.1) is 0 Å². The van der Waals surface area contributed by atoms with Gasteiger partial charge < -0.3 is 5.32 Å². The fourth-order valence-corrected chi connectivity index (χ4v) is 1.37. The molecule has 0 bridgehead atoms. The van der Waals surface area contributed by atoms with E-state index in [1.807, 2.05) is 0 Å². The van der Waals surface area contributed by atoms with Gasteiger partial charge in [0.2, 0.25) is 0 Å². The fraction of sp³-hybridized carbons (Fsp3) is 0.273. The Morgan fingerprint density at radius 3 is 2.65 bits per heavy atom. The van der Waals surface area contributed by atoms with Gasteiger partial charge in [0.1, 0.15) is 0 Å². The first kappa shape index (κ1) is 13.5. The highest BCUT2D eigenvalue weighted by molar-refractivity contribution is 6.30. The molecule has 1 aromatic carbocycles. The maximum absolute atomic E-state index is 11.6. The summed E-state index contributed by atoms with van der Waals surface area (Å²) in [5.74, 6) is -0.619. The molecule has 2 N–H and O–H groups in total. The van der Waals surface area contributed by atoms with E-state index in [4.69, 9.17) is 11.6 Å². The van der Waals surface area contributed by atoms with Gasteiger partial charge in [-0.05, 0) is 18.2 Å². The van der Waals surface area contributed by atoms with Crippen molar-refractivity contribution in [1.82, 2.24) is 15.8 Å². The Balaban J connectivity index is 2.48. The van der Waals surface area contributed by atoms with Crippen molar-refractivity contribution < 1.29 is 9.59 Å². The van der Waals surface area contributed by atoms with Gasteiger partial charge in [0.15, 0.2) is 0 Å². The summed E-state index contributed by atoms with van der Waals surface area (Å²) >= 11 is 5.75. The lowest BCUT2D eigenvalue weighted by molar-refractivity contribution is -0.123. The van der Waals surface area contributed by atoms with Gasteiger partial charge >= 0.3 is 0 Å². The summed E-state index contributed by atoms with van der Waals surface area (Å²) in [5.41, 5.74) is 2.94. The van der Waals surface area contributed by atoms with Crippen LogP contribution in [-0.2, 0) is 4.79 Å². The molecule has 92 valence electrons. The molecule has 17 heavy (non-hydrogen) atoms. The van der Waals surface area contributed by atoms with E-state index in [2.05, 4.69) is 10.7 Å². The number of carbonyl (C=O) groups excluding carboxylic acids is 2. The number of nitrogens with one attached hydrogen (secondary N) is 2.